The van der Waals surface area contributed by atoms with Crippen molar-refractivity contribution in [2.24, 2.45) is 17.3 Å². The number of amides is 2. The van der Waals surface area contributed by atoms with E-state index in [1.165, 1.54) is 24.3 Å². The van der Waals surface area contributed by atoms with Crippen LogP contribution in [0.5, 0.6) is 0 Å². The van der Waals surface area contributed by atoms with Crippen LogP contribution in [0, 0.1) is 27.4 Å². The molecule has 5 rings (SSSR count). The maximum atomic E-state index is 13.7. The second-order valence-electron chi connectivity index (χ2n) is 9.74. The zero-order chi connectivity index (χ0) is 23.7. The predicted molar refractivity (Wildman–Crippen MR) is 121 cm³/mol. The van der Waals surface area contributed by atoms with E-state index in [1.54, 1.807) is 20.8 Å². The fourth-order valence-electron chi connectivity index (χ4n) is 5.30. The highest BCUT2D eigenvalue weighted by Gasteiger charge is 2.65. The van der Waals surface area contributed by atoms with Gasteiger partial charge in [-0.2, -0.15) is 0 Å². The van der Waals surface area contributed by atoms with Crippen LogP contribution in [-0.2, 0) is 14.4 Å². The fourth-order valence-corrected chi connectivity index (χ4v) is 5.30. The van der Waals surface area contributed by atoms with Crippen LogP contribution in [0.25, 0.3) is 6.08 Å². The van der Waals surface area contributed by atoms with Gasteiger partial charge < -0.3 is 4.90 Å². The van der Waals surface area contributed by atoms with Crippen molar-refractivity contribution < 1.29 is 19.3 Å². The van der Waals surface area contributed by atoms with Crippen molar-refractivity contribution in [1.82, 2.24) is 4.90 Å². The van der Waals surface area contributed by atoms with Crippen LogP contribution in [0.1, 0.15) is 37.9 Å². The number of non-ortho nitro benzene ring substituents is 1. The molecule has 0 aliphatic carbocycles. The van der Waals surface area contributed by atoms with E-state index in [1.807, 2.05) is 41.4 Å². The van der Waals surface area contributed by atoms with E-state index in [4.69, 9.17) is 0 Å². The molecule has 3 aliphatic heterocycles. The quantitative estimate of drug-likeness (QED) is 0.405. The third-order valence-electron chi connectivity index (χ3n) is 6.77. The molecule has 8 nitrogen and oxygen atoms in total. The maximum absolute atomic E-state index is 13.7. The third-order valence-corrected chi connectivity index (χ3v) is 6.77. The molecule has 0 aromatic heterocycles. The van der Waals surface area contributed by atoms with Gasteiger partial charge in [0, 0.05) is 23.7 Å². The van der Waals surface area contributed by atoms with Crippen LogP contribution >= 0.6 is 0 Å². The Labute approximate surface area is 190 Å². The molecule has 0 spiro atoms. The Kier molecular flexibility index (Phi) is 4.53. The molecule has 2 fully saturated rings. The summed E-state index contributed by atoms with van der Waals surface area (Å²) >= 11 is 0. The summed E-state index contributed by atoms with van der Waals surface area (Å²) in [5.74, 6) is -2.68. The molecule has 4 atom stereocenters. The van der Waals surface area contributed by atoms with Gasteiger partial charge in [0.2, 0.25) is 11.8 Å². The maximum Gasteiger partial charge on any atom is 0.271 e. The highest BCUT2D eigenvalue weighted by atomic mass is 16.6. The van der Waals surface area contributed by atoms with E-state index in [0.29, 0.717) is 0 Å². The van der Waals surface area contributed by atoms with Gasteiger partial charge in [-0.15, -0.1) is 0 Å². The Hall–Kier alpha value is -3.81. The van der Waals surface area contributed by atoms with Crippen molar-refractivity contribution in [3.05, 3.63) is 76.0 Å². The van der Waals surface area contributed by atoms with Gasteiger partial charge in [-0.3, -0.25) is 24.5 Å². The number of ketones is 1. The highest BCUT2D eigenvalue weighted by Crippen LogP contribution is 2.54. The third kappa shape index (κ3) is 3.01. The number of fused-ring (bicyclic) bond motifs is 5. The zero-order valence-electron chi connectivity index (χ0n) is 18.5. The zero-order valence-corrected chi connectivity index (χ0v) is 18.5. The summed E-state index contributed by atoms with van der Waals surface area (Å²) < 4.78 is 0. The largest absolute Gasteiger partial charge is 0.359 e. The lowest BCUT2D eigenvalue weighted by atomic mass is 9.79. The molecule has 0 bridgehead atoms. The van der Waals surface area contributed by atoms with E-state index in [2.05, 4.69) is 0 Å². The van der Waals surface area contributed by atoms with Crippen molar-refractivity contribution >= 4 is 35.0 Å². The summed E-state index contributed by atoms with van der Waals surface area (Å²) in [5.41, 5.74) is 1.05. The molecule has 0 N–H and O–H groups in total. The van der Waals surface area contributed by atoms with E-state index in [-0.39, 0.29) is 17.2 Å². The van der Waals surface area contributed by atoms with Crippen molar-refractivity contribution in [3.8, 4) is 0 Å². The highest BCUT2D eigenvalue weighted by molar-refractivity contribution is 6.24. The number of carbonyl (C=O) groups excluding carboxylic acids is 3. The summed E-state index contributed by atoms with van der Waals surface area (Å²) in [6, 6.07) is 11.9. The van der Waals surface area contributed by atoms with Crippen LogP contribution in [0.15, 0.2) is 54.7 Å². The Bertz CT molecular complexity index is 1240. The average Bonchev–Trinajstić information content (AvgIpc) is 3.25. The molecule has 2 saturated heterocycles. The molecule has 0 radical (unpaired) electrons. The summed E-state index contributed by atoms with van der Waals surface area (Å²) in [4.78, 5) is 54.6. The van der Waals surface area contributed by atoms with Crippen LogP contribution in [0.2, 0.25) is 0 Å². The number of hydrogen-bond acceptors (Lipinski definition) is 6. The van der Waals surface area contributed by atoms with Gasteiger partial charge in [0.15, 0.2) is 5.78 Å². The first-order chi connectivity index (χ1) is 15.6. The number of imide groups is 1. The first-order valence-electron chi connectivity index (χ1n) is 10.8. The smallest absolute Gasteiger partial charge is 0.271 e. The molecule has 0 saturated carbocycles. The van der Waals surface area contributed by atoms with Crippen molar-refractivity contribution in [2.75, 3.05) is 4.90 Å². The van der Waals surface area contributed by atoms with Crippen molar-refractivity contribution in [3.63, 3.8) is 0 Å². The summed E-state index contributed by atoms with van der Waals surface area (Å²) in [6.45, 7) is 5.41. The Morgan fingerprint density at radius 1 is 1.00 bits per heavy atom. The van der Waals surface area contributed by atoms with E-state index in [0.717, 1.165) is 16.0 Å². The van der Waals surface area contributed by atoms with Gasteiger partial charge >= 0.3 is 0 Å². The lowest BCUT2D eigenvalue weighted by molar-refractivity contribution is -0.384. The molecule has 0 unspecified atom stereocenters. The van der Waals surface area contributed by atoms with Crippen molar-refractivity contribution in [1.29, 1.82) is 0 Å². The molecular formula is C25H23N3O5. The molecule has 8 heteroatoms. The molecule has 2 aromatic carbocycles. The number of nitro groups is 1. The molecule has 2 aromatic rings. The van der Waals surface area contributed by atoms with Gasteiger partial charge in [0.25, 0.3) is 5.69 Å². The van der Waals surface area contributed by atoms with Crippen LogP contribution in [0.4, 0.5) is 11.4 Å². The van der Waals surface area contributed by atoms with E-state index in [9.17, 15) is 24.5 Å². The first-order valence-corrected chi connectivity index (χ1v) is 10.8. The number of nitro benzene ring substituents is 1. The van der Waals surface area contributed by atoms with Gasteiger partial charge in [-0.05, 0) is 23.3 Å². The molecule has 168 valence electrons. The van der Waals surface area contributed by atoms with Gasteiger partial charge in [-0.1, -0.05) is 51.1 Å². The predicted octanol–water partition coefficient (Wildman–Crippen LogP) is 3.73. The number of anilines is 1. The molecule has 3 aliphatic rings. The van der Waals surface area contributed by atoms with Gasteiger partial charge in [0.05, 0.1) is 28.5 Å². The van der Waals surface area contributed by atoms with Gasteiger partial charge in [-0.25, -0.2) is 4.90 Å². The fraction of sp³-hybridized carbons (Fsp3) is 0.320. The summed E-state index contributed by atoms with van der Waals surface area (Å²) in [6.07, 6.45) is 3.72. The number of nitrogens with zero attached hydrogens (tertiary/aromatic N) is 3. The lowest BCUT2D eigenvalue weighted by Crippen LogP contribution is -2.47. The number of Topliss-reactive ketones (excluding diaryl/α,β-unsaturated/α-hetero) is 1. The Morgan fingerprint density at radius 2 is 1.70 bits per heavy atom. The number of hydrogen-bond donors (Lipinski definition) is 0. The SMILES string of the molecule is CC(C)(C)C(=O)[C@@H]1[C@@H]2C(=O)N(c3cccc([N+](=O)[O-])c3)C(=O)[C@H]2[C@@H]2c3ccccc3C=CN12. The van der Waals surface area contributed by atoms with Crippen LogP contribution < -0.4 is 4.90 Å². The molecule has 33 heavy (non-hydrogen) atoms. The topological polar surface area (TPSA) is 101 Å². The summed E-state index contributed by atoms with van der Waals surface area (Å²) in [7, 11) is 0. The molecule has 2 amide bonds. The number of benzene rings is 2. The monoisotopic (exact) mass is 445 g/mol. The first kappa shape index (κ1) is 21.1. The van der Waals surface area contributed by atoms with Gasteiger partial charge in [0.1, 0.15) is 6.04 Å². The second-order valence-corrected chi connectivity index (χ2v) is 9.74. The van der Waals surface area contributed by atoms with Crippen LogP contribution in [-0.4, -0.2) is 33.5 Å². The number of rotatable bonds is 3. The minimum absolute atomic E-state index is 0.119. The van der Waals surface area contributed by atoms with Crippen molar-refractivity contribution in [2.45, 2.75) is 32.9 Å². The van der Waals surface area contributed by atoms with E-state index < -0.39 is 46.1 Å². The molecule has 3 heterocycles. The minimum atomic E-state index is -0.871. The Balaban J connectivity index is 1.66. The second kappa shape index (κ2) is 7.10. The molecular weight excluding hydrogens is 422 g/mol. The number of carbonyl (C=O) groups is 3. The normalized spacial score (nSPS) is 25.7. The van der Waals surface area contributed by atoms with Crippen LogP contribution in [0.3, 0.4) is 0 Å². The summed E-state index contributed by atoms with van der Waals surface area (Å²) in [5, 5.41) is 11.3. The lowest BCUT2D eigenvalue weighted by Gasteiger charge is -2.37. The van der Waals surface area contributed by atoms with E-state index >= 15 is 0 Å². The average molecular weight is 445 g/mol. The minimum Gasteiger partial charge on any atom is -0.359 e. The Morgan fingerprint density at radius 3 is 2.39 bits per heavy atom. The standard InChI is InChI=1S/C25H23N3O5/c1-25(2,3)22(29)21-19-18(20-17-10-5-4-7-14(17)11-12-26(20)21)23(30)27(24(19)31)15-8-6-9-16(13-15)28(32)33/h4-13,18-21H,1-3H3/t18-,19-,20+,21+/m1/s1.